The lowest BCUT2D eigenvalue weighted by atomic mass is 9.98. The number of hydrogen-bond donors (Lipinski definition) is 0. The van der Waals surface area contributed by atoms with Crippen LogP contribution < -0.4 is 9.47 Å². The maximum absolute atomic E-state index is 13.1. The van der Waals surface area contributed by atoms with Crippen molar-refractivity contribution in [2.75, 3.05) is 27.3 Å². The van der Waals surface area contributed by atoms with Gasteiger partial charge in [0, 0.05) is 19.2 Å². The molecule has 1 aliphatic heterocycles. The maximum Gasteiger partial charge on any atom is 0.309 e. The Kier molecular flexibility index (Phi) is 7.73. The molecule has 0 amide bonds. The highest BCUT2D eigenvalue weighted by Crippen LogP contribution is 2.32. The van der Waals surface area contributed by atoms with Gasteiger partial charge in [-0.1, -0.05) is 54.6 Å². The minimum absolute atomic E-state index is 0.134. The third-order valence-electron chi connectivity index (χ3n) is 6.22. The van der Waals surface area contributed by atoms with Crippen LogP contribution in [0.2, 0.25) is 0 Å². The third-order valence-corrected chi connectivity index (χ3v) is 8.12. The molecule has 0 aliphatic carbocycles. The smallest absolute Gasteiger partial charge is 0.309 e. The summed E-state index contributed by atoms with van der Waals surface area (Å²) in [5.41, 5.74) is 3.14. The number of nitrogens with zero attached hydrogens (tertiary/aromatic N) is 1. The van der Waals surface area contributed by atoms with E-state index in [1.165, 1.54) is 30.7 Å². The number of ether oxygens (including phenoxy) is 3. The summed E-state index contributed by atoms with van der Waals surface area (Å²) in [5.74, 6) is 0.196. The number of sulfonamides is 1. The molecule has 3 aromatic rings. The molecule has 0 saturated carbocycles. The average molecular weight is 496 g/mol. The van der Waals surface area contributed by atoms with Crippen LogP contribution in [-0.2, 0) is 26.2 Å². The van der Waals surface area contributed by atoms with Gasteiger partial charge in [0.05, 0.1) is 25.0 Å². The van der Waals surface area contributed by atoms with Crippen molar-refractivity contribution in [2.45, 2.75) is 24.3 Å². The van der Waals surface area contributed by atoms with Crippen molar-refractivity contribution in [3.63, 3.8) is 0 Å². The van der Waals surface area contributed by atoms with E-state index >= 15 is 0 Å². The Hall–Kier alpha value is -3.36. The molecule has 0 bridgehead atoms. The molecule has 1 heterocycles. The Morgan fingerprint density at radius 3 is 2.11 bits per heavy atom. The monoisotopic (exact) mass is 495 g/mol. The molecule has 4 rings (SSSR count). The van der Waals surface area contributed by atoms with E-state index in [9.17, 15) is 13.2 Å². The van der Waals surface area contributed by atoms with Gasteiger partial charge in [0.1, 0.15) is 6.61 Å². The predicted octanol–water partition coefficient (Wildman–Crippen LogP) is 4.51. The van der Waals surface area contributed by atoms with E-state index in [1.807, 2.05) is 54.6 Å². The number of esters is 1. The maximum atomic E-state index is 13.1. The van der Waals surface area contributed by atoms with Gasteiger partial charge in [-0.2, -0.15) is 4.31 Å². The lowest BCUT2D eigenvalue weighted by Crippen LogP contribution is -2.40. The van der Waals surface area contributed by atoms with E-state index in [-0.39, 0.29) is 36.5 Å². The fraction of sp³-hybridized carbons (Fsp3) is 0.296. The quantitative estimate of drug-likeness (QED) is 0.428. The molecule has 0 atom stereocenters. The van der Waals surface area contributed by atoms with Crippen LogP contribution in [0.4, 0.5) is 0 Å². The van der Waals surface area contributed by atoms with Gasteiger partial charge in [0.2, 0.25) is 10.0 Å². The largest absolute Gasteiger partial charge is 0.493 e. The number of hydrogen-bond acceptors (Lipinski definition) is 6. The number of piperidine rings is 1. The topological polar surface area (TPSA) is 82.1 Å². The molecule has 7 nitrogen and oxygen atoms in total. The van der Waals surface area contributed by atoms with Crippen molar-refractivity contribution >= 4 is 16.0 Å². The summed E-state index contributed by atoms with van der Waals surface area (Å²) in [6.45, 7) is 0.697. The van der Waals surface area contributed by atoms with E-state index in [0.29, 0.717) is 24.3 Å². The molecule has 0 radical (unpaired) electrons. The molecule has 184 valence electrons. The minimum Gasteiger partial charge on any atom is -0.493 e. The molecule has 1 aliphatic rings. The summed E-state index contributed by atoms with van der Waals surface area (Å²) in [7, 11) is -0.748. The average Bonchev–Trinajstić information content (AvgIpc) is 2.92. The lowest BCUT2D eigenvalue weighted by Gasteiger charge is -2.30. The highest BCUT2D eigenvalue weighted by Gasteiger charge is 2.33. The fourth-order valence-electron chi connectivity index (χ4n) is 4.15. The van der Waals surface area contributed by atoms with E-state index in [1.54, 1.807) is 6.07 Å². The van der Waals surface area contributed by atoms with Gasteiger partial charge in [0.15, 0.2) is 11.5 Å². The zero-order valence-corrected chi connectivity index (χ0v) is 20.7. The van der Waals surface area contributed by atoms with Crippen LogP contribution in [-0.4, -0.2) is 46.0 Å². The molecule has 0 aromatic heterocycles. The van der Waals surface area contributed by atoms with Gasteiger partial charge in [0.25, 0.3) is 0 Å². The first-order valence-corrected chi connectivity index (χ1v) is 12.9. The Morgan fingerprint density at radius 1 is 0.857 bits per heavy atom. The van der Waals surface area contributed by atoms with Gasteiger partial charge < -0.3 is 14.2 Å². The van der Waals surface area contributed by atoms with E-state index in [2.05, 4.69) is 0 Å². The highest BCUT2D eigenvalue weighted by molar-refractivity contribution is 7.89. The molecule has 0 spiro atoms. The summed E-state index contributed by atoms with van der Waals surface area (Å²) >= 11 is 0. The second kappa shape index (κ2) is 10.9. The van der Waals surface area contributed by atoms with Crippen LogP contribution in [0, 0.1) is 5.92 Å². The summed E-state index contributed by atoms with van der Waals surface area (Å²) in [4.78, 5) is 12.8. The molecule has 3 aromatic carbocycles. The van der Waals surface area contributed by atoms with Crippen molar-refractivity contribution in [3.8, 4) is 22.6 Å². The van der Waals surface area contributed by atoms with Crippen molar-refractivity contribution in [3.05, 3.63) is 78.4 Å². The first-order valence-electron chi connectivity index (χ1n) is 11.5. The fourth-order valence-corrected chi connectivity index (χ4v) is 5.64. The van der Waals surface area contributed by atoms with Gasteiger partial charge in [-0.05, 0) is 41.7 Å². The Balaban J connectivity index is 1.31. The number of benzene rings is 3. The zero-order chi connectivity index (χ0) is 24.8. The number of carbonyl (C=O) groups excluding carboxylic acids is 1. The second-order valence-corrected chi connectivity index (χ2v) is 10.3. The van der Waals surface area contributed by atoms with E-state index in [4.69, 9.17) is 14.2 Å². The van der Waals surface area contributed by atoms with Crippen LogP contribution in [0.25, 0.3) is 11.1 Å². The van der Waals surface area contributed by atoms with Crippen molar-refractivity contribution in [2.24, 2.45) is 5.92 Å². The molecule has 8 heteroatoms. The molecular formula is C27H29NO6S. The molecule has 1 saturated heterocycles. The van der Waals surface area contributed by atoms with Gasteiger partial charge in [-0.3, -0.25) is 4.79 Å². The lowest BCUT2D eigenvalue weighted by molar-refractivity contribution is -0.151. The van der Waals surface area contributed by atoms with Crippen molar-refractivity contribution < 1.29 is 27.4 Å². The van der Waals surface area contributed by atoms with Gasteiger partial charge in [-0.15, -0.1) is 0 Å². The number of methoxy groups -OCH3 is 2. The number of carbonyl (C=O) groups is 1. The predicted molar refractivity (Wildman–Crippen MR) is 133 cm³/mol. The second-order valence-electron chi connectivity index (χ2n) is 8.37. The van der Waals surface area contributed by atoms with Gasteiger partial charge >= 0.3 is 5.97 Å². The number of rotatable bonds is 8. The molecule has 35 heavy (non-hydrogen) atoms. The zero-order valence-electron chi connectivity index (χ0n) is 19.8. The van der Waals surface area contributed by atoms with Crippen LogP contribution in [0.5, 0.6) is 11.5 Å². The van der Waals surface area contributed by atoms with Crippen molar-refractivity contribution in [1.29, 1.82) is 0 Å². The van der Waals surface area contributed by atoms with E-state index in [0.717, 1.165) is 16.7 Å². The summed E-state index contributed by atoms with van der Waals surface area (Å²) in [6, 6.07) is 22.5. The molecule has 1 fully saturated rings. The summed E-state index contributed by atoms with van der Waals surface area (Å²) in [5, 5.41) is 0. The Bertz CT molecular complexity index is 1250. The molecule has 0 unspecified atom stereocenters. The van der Waals surface area contributed by atoms with Crippen LogP contribution in [0.15, 0.2) is 77.7 Å². The SMILES string of the molecule is COc1ccc(S(=O)(=O)N2CCC(C(=O)OCc3ccc(-c4ccccc4)cc3)CC2)cc1OC. The minimum atomic E-state index is -3.71. The summed E-state index contributed by atoms with van der Waals surface area (Å²) < 4.78 is 43.5. The van der Waals surface area contributed by atoms with Crippen LogP contribution >= 0.6 is 0 Å². The standard InChI is InChI=1S/C27H29NO6S/c1-32-25-13-12-24(18-26(25)33-2)35(30,31)28-16-14-23(15-17-28)27(29)34-19-20-8-10-22(11-9-20)21-6-4-3-5-7-21/h3-13,18,23H,14-17,19H2,1-2H3. The summed E-state index contributed by atoms with van der Waals surface area (Å²) in [6.07, 6.45) is 0.830. The molecular weight excluding hydrogens is 466 g/mol. The Morgan fingerprint density at radius 2 is 1.49 bits per heavy atom. The first kappa shape index (κ1) is 24.8. The van der Waals surface area contributed by atoms with Crippen molar-refractivity contribution in [1.82, 2.24) is 4.31 Å². The first-order chi connectivity index (χ1) is 16.9. The van der Waals surface area contributed by atoms with Crippen LogP contribution in [0.1, 0.15) is 18.4 Å². The Labute approximate surface area is 206 Å². The van der Waals surface area contributed by atoms with Crippen LogP contribution in [0.3, 0.4) is 0 Å². The molecule has 0 N–H and O–H groups in total. The normalized spacial score (nSPS) is 14.9. The van der Waals surface area contributed by atoms with E-state index < -0.39 is 10.0 Å². The highest BCUT2D eigenvalue weighted by atomic mass is 32.2. The van der Waals surface area contributed by atoms with Gasteiger partial charge in [-0.25, -0.2) is 8.42 Å². The third kappa shape index (κ3) is 5.66.